The lowest BCUT2D eigenvalue weighted by Crippen LogP contribution is -2.20. The number of hydrogen-bond acceptors (Lipinski definition) is 3. The Hall–Kier alpha value is -1.12. The summed E-state index contributed by atoms with van der Waals surface area (Å²) in [6.45, 7) is 2.18. The lowest BCUT2D eigenvalue weighted by atomic mass is 10.1. The van der Waals surface area contributed by atoms with Gasteiger partial charge in [0.15, 0.2) is 0 Å². The number of hydrogen-bond donors (Lipinski definition) is 3. The van der Waals surface area contributed by atoms with E-state index in [2.05, 4.69) is 29.0 Å². The van der Waals surface area contributed by atoms with E-state index in [1.165, 1.54) is 17.1 Å². The molecule has 0 fully saturated rings. The first-order valence-electron chi connectivity index (χ1n) is 4.23. The zero-order valence-corrected chi connectivity index (χ0v) is 8.15. The summed E-state index contributed by atoms with van der Waals surface area (Å²) in [4.78, 5) is 0. The van der Waals surface area contributed by atoms with E-state index in [1.807, 2.05) is 21.1 Å². The molecule has 0 amide bonds. The van der Waals surface area contributed by atoms with Crippen molar-refractivity contribution >= 4 is 0 Å². The summed E-state index contributed by atoms with van der Waals surface area (Å²) >= 11 is 0. The molecule has 0 saturated heterocycles. The quantitative estimate of drug-likeness (QED) is 0.569. The summed E-state index contributed by atoms with van der Waals surface area (Å²) < 4.78 is 0. The molecule has 1 rings (SSSR count). The Morgan fingerprint density at radius 3 is 2.08 bits per heavy atom. The predicted octanol–water partition coefficient (Wildman–Crippen LogP) is 0.390. The van der Waals surface area contributed by atoms with Crippen LogP contribution in [0.4, 0.5) is 0 Å². The maximum Gasteiger partial charge on any atom is 0.0554 e. The van der Waals surface area contributed by atoms with E-state index in [1.54, 1.807) is 0 Å². The van der Waals surface area contributed by atoms with Crippen molar-refractivity contribution in [3.05, 3.63) is 23.2 Å². The van der Waals surface area contributed by atoms with Crippen LogP contribution >= 0.6 is 0 Å². The van der Waals surface area contributed by atoms with Crippen LogP contribution in [-0.4, -0.2) is 21.1 Å². The molecule has 0 bridgehead atoms. The first kappa shape index (κ1) is 8.97. The second-order valence-corrected chi connectivity index (χ2v) is 2.90. The molecule has 0 radical (unpaired) electrons. The highest BCUT2D eigenvalue weighted by Crippen LogP contribution is 2.25. The first-order valence-corrected chi connectivity index (χ1v) is 4.23. The highest BCUT2D eigenvalue weighted by Gasteiger charge is 2.21. The monoisotopic (exact) mass is 167 g/mol. The molecule has 0 aliphatic heterocycles. The summed E-state index contributed by atoms with van der Waals surface area (Å²) in [5.41, 5.74) is 3.68. The summed E-state index contributed by atoms with van der Waals surface area (Å²) in [6, 6.07) is 0. The zero-order valence-electron chi connectivity index (χ0n) is 8.15. The molecule has 1 atom stereocenters. The maximum atomic E-state index is 3.20. The predicted molar refractivity (Wildman–Crippen MR) is 51.5 cm³/mol. The van der Waals surface area contributed by atoms with Crippen LogP contribution in [0.25, 0.3) is 0 Å². The van der Waals surface area contributed by atoms with Gasteiger partial charge in [-0.2, -0.15) is 0 Å². The molecule has 1 aliphatic rings. The second-order valence-electron chi connectivity index (χ2n) is 2.90. The van der Waals surface area contributed by atoms with Gasteiger partial charge in [0.2, 0.25) is 0 Å². The molecule has 1 unspecified atom stereocenters. The van der Waals surface area contributed by atoms with E-state index < -0.39 is 0 Å². The first-order chi connectivity index (χ1) is 5.74. The third-order valence-electron chi connectivity index (χ3n) is 2.32. The van der Waals surface area contributed by atoms with E-state index in [4.69, 9.17) is 0 Å². The Morgan fingerprint density at radius 2 is 1.75 bits per heavy atom. The minimum Gasteiger partial charge on any atom is -0.391 e. The van der Waals surface area contributed by atoms with Crippen LogP contribution in [0.5, 0.6) is 0 Å². The molecule has 0 spiro atoms. The lowest BCUT2D eigenvalue weighted by Gasteiger charge is -2.13. The van der Waals surface area contributed by atoms with Gasteiger partial charge in [-0.05, 0) is 6.08 Å². The smallest absolute Gasteiger partial charge is 0.0554 e. The number of rotatable bonds is 3. The van der Waals surface area contributed by atoms with E-state index >= 15 is 0 Å². The molecule has 0 aromatic carbocycles. The van der Waals surface area contributed by atoms with Gasteiger partial charge < -0.3 is 16.0 Å². The van der Waals surface area contributed by atoms with Gasteiger partial charge in [0.1, 0.15) is 0 Å². The third-order valence-corrected chi connectivity index (χ3v) is 2.32. The summed E-state index contributed by atoms with van der Waals surface area (Å²) in [7, 11) is 5.85. The van der Waals surface area contributed by atoms with Crippen molar-refractivity contribution in [2.45, 2.75) is 6.92 Å². The van der Waals surface area contributed by atoms with Crippen molar-refractivity contribution in [1.29, 1.82) is 0 Å². The zero-order chi connectivity index (χ0) is 9.14. The van der Waals surface area contributed by atoms with E-state index in [-0.39, 0.29) is 0 Å². The van der Waals surface area contributed by atoms with Gasteiger partial charge in [0.25, 0.3) is 0 Å². The van der Waals surface area contributed by atoms with Crippen LogP contribution in [-0.2, 0) is 0 Å². The Kier molecular flexibility index (Phi) is 2.63. The van der Waals surface area contributed by atoms with Crippen molar-refractivity contribution in [1.82, 2.24) is 16.0 Å². The van der Waals surface area contributed by atoms with E-state index in [0.29, 0.717) is 5.92 Å². The summed E-state index contributed by atoms with van der Waals surface area (Å²) in [5.74, 6) is 0.447. The van der Waals surface area contributed by atoms with Gasteiger partial charge in [-0.25, -0.2) is 0 Å². The summed E-state index contributed by atoms with van der Waals surface area (Å²) in [6.07, 6.45) is 2.14. The average Bonchev–Trinajstić information content (AvgIpc) is 2.41. The number of likely N-dealkylation sites (N-methyl/N-ethyl adjacent to an activating group) is 1. The standard InChI is InChI=1S/C9H17N3/c1-6-7(10-2)5-8(11-3)9(6)12-4/h5-6,10-12H,1-4H3. The SMILES string of the molecule is CNC1=CC(NC)=C(NC)C1C. The van der Waals surface area contributed by atoms with Crippen molar-refractivity contribution < 1.29 is 0 Å². The second kappa shape index (κ2) is 3.52. The summed E-state index contributed by atoms with van der Waals surface area (Å²) in [5, 5.41) is 9.55. The fourth-order valence-electron chi connectivity index (χ4n) is 1.59. The fraction of sp³-hybridized carbons (Fsp3) is 0.556. The van der Waals surface area contributed by atoms with Crippen LogP contribution < -0.4 is 16.0 Å². The molecule has 3 heteroatoms. The van der Waals surface area contributed by atoms with E-state index in [0.717, 1.165) is 0 Å². The molecule has 0 saturated carbocycles. The average molecular weight is 167 g/mol. The van der Waals surface area contributed by atoms with Crippen LogP contribution in [0.2, 0.25) is 0 Å². The minimum absolute atomic E-state index is 0.447. The molecular formula is C9H17N3. The van der Waals surface area contributed by atoms with Gasteiger partial charge in [-0.15, -0.1) is 0 Å². The van der Waals surface area contributed by atoms with Gasteiger partial charge in [-0.3, -0.25) is 0 Å². The third kappa shape index (κ3) is 1.26. The molecule has 3 nitrogen and oxygen atoms in total. The normalized spacial score (nSPS) is 22.3. The molecule has 3 N–H and O–H groups in total. The maximum absolute atomic E-state index is 3.20. The number of nitrogens with one attached hydrogen (secondary N) is 3. The molecular weight excluding hydrogens is 150 g/mol. The molecule has 12 heavy (non-hydrogen) atoms. The van der Waals surface area contributed by atoms with Gasteiger partial charge in [-0.1, -0.05) is 6.92 Å². The highest BCUT2D eigenvalue weighted by molar-refractivity contribution is 5.38. The lowest BCUT2D eigenvalue weighted by molar-refractivity contribution is 0.686. The topological polar surface area (TPSA) is 36.1 Å². The number of allylic oxidation sites excluding steroid dienone is 1. The van der Waals surface area contributed by atoms with Gasteiger partial charge in [0, 0.05) is 38.5 Å². The highest BCUT2D eigenvalue weighted by atomic mass is 15.0. The van der Waals surface area contributed by atoms with Crippen molar-refractivity contribution in [2.75, 3.05) is 21.1 Å². The van der Waals surface area contributed by atoms with Crippen molar-refractivity contribution in [3.63, 3.8) is 0 Å². The molecule has 0 heterocycles. The van der Waals surface area contributed by atoms with Crippen LogP contribution in [0.1, 0.15) is 6.92 Å². The van der Waals surface area contributed by atoms with Gasteiger partial charge in [0.05, 0.1) is 5.70 Å². The van der Waals surface area contributed by atoms with Crippen molar-refractivity contribution in [3.8, 4) is 0 Å². The van der Waals surface area contributed by atoms with Crippen molar-refractivity contribution in [2.24, 2.45) is 5.92 Å². The minimum atomic E-state index is 0.447. The largest absolute Gasteiger partial charge is 0.391 e. The van der Waals surface area contributed by atoms with Crippen LogP contribution in [0.15, 0.2) is 23.2 Å². The Bertz CT molecular complexity index is 228. The molecule has 0 aromatic rings. The molecule has 68 valence electrons. The Labute approximate surface area is 73.9 Å². The Morgan fingerprint density at radius 1 is 1.08 bits per heavy atom. The van der Waals surface area contributed by atoms with Gasteiger partial charge >= 0.3 is 0 Å². The van der Waals surface area contributed by atoms with E-state index in [9.17, 15) is 0 Å². The van der Waals surface area contributed by atoms with Crippen LogP contribution in [0.3, 0.4) is 0 Å². The fourth-order valence-corrected chi connectivity index (χ4v) is 1.59. The Balaban J connectivity index is 2.87. The van der Waals surface area contributed by atoms with Crippen LogP contribution in [0, 0.1) is 5.92 Å². The molecule has 0 aromatic heterocycles. The molecule has 1 aliphatic carbocycles.